The second-order valence-electron chi connectivity index (χ2n) is 6.99. The number of hydrogen-bond donors (Lipinski definition) is 0. The smallest absolute Gasteiger partial charge is 0.305 e. The summed E-state index contributed by atoms with van der Waals surface area (Å²) in [7, 11) is 0. The van der Waals surface area contributed by atoms with E-state index in [0.717, 1.165) is 18.7 Å². The summed E-state index contributed by atoms with van der Waals surface area (Å²) in [4.78, 5) is 50.6. The lowest BCUT2D eigenvalue weighted by Gasteiger charge is -2.34. The molecule has 4 rings (SSSR count). The highest BCUT2D eigenvalue weighted by Crippen LogP contribution is 2.54. The molecule has 0 N–H and O–H groups in total. The molecule has 2 saturated heterocycles. The number of ether oxygens (including phenoxy) is 3. The van der Waals surface area contributed by atoms with Gasteiger partial charge in [0, 0.05) is 23.9 Å². The lowest BCUT2D eigenvalue weighted by Crippen LogP contribution is -2.52. The normalized spacial score (nSPS) is 29.6. The van der Waals surface area contributed by atoms with Gasteiger partial charge in [0.1, 0.15) is 0 Å². The van der Waals surface area contributed by atoms with Gasteiger partial charge in [-0.2, -0.15) is 0 Å². The molecule has 3 aliphatic rings. The Morgan fingerprint density at radius 2 is 1.66 bits per heavy atom. The van der Waals surface area contributed by atoms with Gasteiger partial charge in [-0.1, -0.05) is 29.3 Å². The first kappa shape index (κ1) is 19.9. The van der Waals surface area contributed by atoms with E-state index in [4.69, 9.17) is 37.4 Å². The number of imide groups is 1. The van der Waals surface area contributed by atoms with Crippen LogP contribution in [0.1, 0.15) is 13.8 Å². The van der Waals surface area contributed by atoms with E-state index in [1.165, 1.54) is 24.3 Å². The van der Waals surface area contributed by atoms with E-state index >= 15 is 0 Å². The van der Waals surface area contributed by atoms with Crippen molar-refractivity contribution in [3.63, 3.8) is 0 Å². The van der Waals surface area contributed by atoms with E-state index in [2.05, 4.69) is 0 Å². The number of carbonyl (C=O) groups excluding carboxylic acids is 4. The molecule has 2 fully saturated rings. The van der Waals surface area contributed by atoms with E-state index in [0.29, 0.717) is 0 Å². The van der Waals surface area contributed by atoms with Gasteiger partial charge in [-0.15, -0.1) is 0 Å². The molecular weight excluding hydrogens is 425 g/mol. The second kappa shape index (κ2) is 6.83. The Kier molecular flexibility index (Phi) is 4.68. The first-order chi connectivity index (χ1) is 13.6. The summed E-state index contributed by atoms with van der Waals surface area (Å²) >= 11 is 12.0. The van der Waals surface area contributed by atoms with Crippen LogP contribution in [-0.4, -0.2) is 41.7 Å². The number of carbonyl (C=O) groups is 4. The Morgan fingerprint density at radius 1 is 1.07 bits per heavy atom. The Bertz CT molecular complexity index is 941. The van der Waals surface area contributed by atoms with E-state index < -0.39 is 53.6 Å². The number of anilines is 1. The highest BCUT2D eigenvalue weighted by atomic mass is 35.5. The van der Waals surface area contributed by atoms with E-state index in [1.807, 2.05) is 0 Å². The monoisotopic (exact) mass is 439 g/mol. The minimum absolute atomic E-state index is 0.220. The van der Waals surface area contributed by atoms with Crippen LogP contribution >= 0.6 is 23.2 Å². The van der Waals surface area contributed by atoms with Gasteiger partial charge < -0.3 is 14.2 Å². The molecule has 0 radical (unpaired) electrons. The molecule has 2 bridgehead atoms. The van der Waals surface area contributed by atoms with Gasteiger partial charge in [-0.25, -0.2) is 4.90 Å². The zero-order chi connectivity index (χ0) is 21.1. The first-order valence-electron chi connectivity index (χ1n) is 8.69. The summed E-state index contributed by atoms with van der Waals surface area (Å²) in [6.45, 7) is 2.27. The minimum Gasteiger partial charge on any atom is -0.422 e. The zero-order valence-electron chi connectivity index (χ0n) is 15.3. The zero-order valence-corrected chi connectivity index (χ0v) is 16.8. The Balaban J connectivity index is 1.76. The molecule has 0 unspecified atom stereocenters. The highest BCUT2D eigenvalue weighted by Gasteiger charge is 2.72. The molecule has 10 heteroatoms. The number of fused-ring (bicyclic) bond motifs is 5. The van der Waals surface area contributed by atoms with Crippen molar-refractivity contribution in [1.29, 1.82) is 0 Å². The van der Waals surface area contributed by atoms with Crippen molar-refractivity contribution < 1.29 is 33.4 Å². The van der Waals surface area contributed by atoms with Crippen LogP contribution in [0.5, 0.6) is 0 Å². The van der Waals surface area contributed by atoms with Gasteiger partial charge in [0.25, 0.3) is 6.29 Å². The fraction of sp³-hybridized carbons (Fsp3) is 0.368. The average Bonchev–Trinajstić information content (AvgIpc) is 3.24. The molecule has 29 heavy (non-hydrogen) atoms. The topological polar surface area (TPSA) is 99.2 Å². The quantitative estimate of drug-likeness (QED) is 0.307. The number of hydrogen-bond acceptors (Lipinski definition) is 7. The van der Waals surface area contributed by atoms with Crippen molar-refractivity contribution in [3.05, 3.63) is 40.4 Å². The fourth-order valence-corrected chi connectivity index (χ4v) is 4.65. The lowest BCUT2D eigenvalue weighted by atomic mass is 9.76. The largest absolute Gasteiger partial charge is 0.422 e. The predicted octanol–water partition coefficient (Wildman–Crippen LogP) is 2.26. The van der Waals surface area contributed by atoms with Crippen molar-refractivity contribution in [2.45, 2.75) is 31.8 Å². The molecule has 3 heterocycles. The van der Waals surface area contributed by atoms with Crippen molar-refractivity contribution in [2.24, 2.45) is 11.8 Å². The van der Waals surface area contributed by atoms with Gasteiger partial charge in [-0.05, 0) is 24.3 Å². The van der Waals surface area contributed by atoms with E-state index in [1.54, 1.807) is 6.08 Å². The van der Waals surface area contributed by atoms with Crippen LogP contribution in [0.15, 0.2) is 30.4 Å². The molecule has 152 valence electrons. The van der Waals surface area contributed by atoms with Gasteiger partial charge in [0.2, 0.25) is 11.8 Å². The summed E-state index contributed by atoms with van der Waals surface area (Å²) in [5, 5.41) is 0.518. The van der Waals surface area contributed by atoms with E-state index in [9.17, 15) is 19.2 Å². The Labute approximate surface area is 175 Å². The SMILES string of the molecule is CC(=O)OC(OC(C)=O)[C@@]12C=C[C@@H](O1)[C@H]1C(=O)N(c3cc(Cl)cc(Cl)c3)C(=O)[C@@H]12. The third-order valence-electron chi connectivity index (χ3n) is 5.10. The molecule has 1 aromatic carbocycles. The van der Waals surface area contributed by atoms with Gasteiger partial charge in [0.05, 0.1) is 23.6 Å². The van der Waals surface area contributed by atoms with Crippen molar-refractivity contribution in [2.75, 3.05) is 4.90 Å². The minimum atomic E-state index is -1.60. The van der Waals surface area contributed by atoms with Crippen LogP contribution in [0, 0.1) is 11.8 Å². The van der Waals surface area contributed by atoms with Crippen molar-refractivity contribution in [1.82, 2.24) is 0 Å². The molecule has 2 amide bonds. The highest BCUT2D eigenvalue weighted by molar-refractivity contribution is 6.35. The summed E-state index contributed by atoms with van der Waals surface area (Å²) in [6, 6.07) is 4.37. The number of esters is 2. The summed E-state index contributed by atoms with van der Waals surface area (Å²) < 4.78 is 16.2. The number of amides is 2. The van der Waals surface area contributed by atoms with Crippen LogP contribution in [0.3, 0.4) is 0 Å². The standard InChI is InChI=1S/C19H15Cl2NO7/c1-8(23)27-18(28-9(2)24)19-4-3-13(29-19)14-15(19)17(26)22(16(14)25)12-6-10(20)5-11(21)7-12/h3-7,13-15,18H,1-2H3/t13-,14-,15-,19+/m1/s1. The van der Waals surface area contributed by atoms with Crippen molar-refractivity contribution >= 4 is 52.6 Å². The molecule has 0 spiro atoms. The third kappa shape index (κ3) is 3.02. The lowest BCUT2D eigenvalue weighted by molar-refractivity contribution is -0.226. The summed E-state index contributed by atoms with van der Waals surface area (Å²) in [5.41, 5.74) is -1.38. The van der Waals surface area contributed by atoms with Gasteiger partial charge in [0.15, 0.2) is 5.60 Å². The second-order valence-corrected chi connectivity index (χ2v) is 7.86. The van der Waals surface area contributed by atoms with Crippen LogP contribution in [0.2, 0.25) is 10.0 Å². The molecule has 3 aliphatic heterocycles. The van der Waals surface area contributed by atoms with Crippen LogP contribution in [0.4, 0.5) is 5.69 Å². The summed E-state index contributed by atoms with van der Waals surface area (Å²) in [6.07, 6.45) is 0.855. The number of nitrogens with zero attached hydrogens (tertiary/aromatic N) is 1. The van der Waals surface area contributed by atoms with Gasteiger partial charge >= 0.3 is 11.9 Å². The van der Waals surface area contributed by atoms with Crippen molar-refractivity contribution in [3.8, 4) is 0 Å². The Hall–Kier alpha value is -2.42. The van der Waals surface area contributed by atoms with Crippen LogP contribution in [0.25, 0.3) is 0 Å². The molecular formula is C19H15Cl2NO7. The van der Waals surface area contributed by atoms with Crippen LogP contribution < -0.4 is 4.90 Å². The van der Waals surface area contributed by atoms with E-state index in [-0.39, 0.29) is 15.7 Å². The molecule has 4 atom stereocenters. The molecule has 8 nitrogen and oxygen atoms in total. The molecule has 0 aromatic heterocycles. The van der Waals surface area contributed by atoms with Crippen LogP contribution in [-0.2, 0) is 33.4 Å². The molecule has 0 aliphatic carbocycles. The maximum absolute atomic E-state index is 13.3. The number of benzene rings is 1. The third-order valence-corrected chi connectivity index (χ3v) is 5.53. The number of halogens is 2. The molecule has 1 aromatic rings. The maximum atomic E-state index is 13.3. The van der Waals surface area contributed by atoms with Gasteiger partial charge in [-0.3, -0.25) is 19.2 Å². The number of rotatable bonds is 4. The summed E-state index contributed by atoms with van der Waals surface area (Å²) in [5.74, 6) is -4.46. The molecule has 0 saturated carbocycles. The predicted molar refractivity (Wildman–Crippen MR) is 100.0 cm³/mol. The Morgan fingerprint density at radius 3 is 2.21 bits per heavy atom. The average molecular weight is 440 g/mol. The maximum Gasteiger partial charge on any atom is 0.305 e. The first-order valence-corrected chi connectivity index (χ1v) is 9.45. The fourth-order valence-electron chi connectivity index (χ4n) is 4.14.